The SMILES string of the molecule is CCOC(=O)C1=C(C)N=c2s/c(=C/c3cc(C)n(-c4ccc(C)cc4)c3C)c(=O)n2C1c1ccccc1OC. The number of hydrogen-bond acceptors (Lipinski definition) is 6. The van der Waals surface area contributed by atoms with Crippen LogP contribution < -0.4 is 19.6 Å². The van der Waals surface area contributed by atoms with E-state index in [9.17, 15) is 9.59 Å². The van der Waals surface area contributed by atoms with Crippen LogP contribution in [0.1, 0.15) is 48.0 Å². The Morgan fingerprint density at radius 1 is 1.08 bits per heavy atom. The molecule has 0 fully saturated rings. The third-order valence-corrected chi connectivity index (χ3v) is 7.98. The van der Waals surface area contributed by atoms with Gasteiger partial charge in [0.15, 0.2) is 4.80 Å². The number of fused-ring (bicyclic) bond motifs is 1. The fraction of sp³-hybridized carbons (Fsp3) is 0.258. The molecule has 0 aliphatic carbocycles. The summed E-state index contributed by atoms with van der Waals surface area (Å²) in [4.78, 5) is 32.4. The number of esters is 1. The molecule has 1 atom stereocenters. The van der Waals surface area contributed by atoms with Crippen LogP contribution in [0.25, 0.3) is 11.8 Å². The van der Waals surface area contributed by atoms with Gasteiger partial charge in [-0.1, -0.05) is 47.2 Å². The van der Waals surface area contributed by atoms with Crippen LogP contribution >= 0.6 is 11.3 Å². The van der Waals surface area contributed by atoms with Gasteiger partial charge >= 0.3 is 5.97 Å². The maximum absolute atomic E-state index is 14.0. The molecule has 7 nitrogen and oxygen atoms in total. The number of allylic oxidation sites excluding steroid dienone is 1. The number of para-hydroxylation sites is 1. The average Bonchev–Trinajstić information content (AvgIpc) is 3.37. The van der Waals surface area contributed by atoms with Crippen molar-refractivity contribution in [2.45, 2.75) is 40.7 Å². The molecule has 4 aromatic rings. The molecule has 0 saturated heterocycles. The van der Waals surface area contributed by atoms with Crippen molar-refractivity contribution < 1.29 is 14.3 Å². The second kappa shape index (κ2) is 10.5. The number of aromatic nitrogens is 2. The second-order valence-electron chi connectivity index (χ2n) is 9.54. The van der Waals surface area contributed by atoms with Crippen LogP contribution in [0.15, 0.2) is 75.7 Å². The zero-order chi connectivity index (χ0) is 27.8. The van der Waals surface area contributed by atoms with Crippen molar-refractivity contribution in [2.24, 2.45) is 4.99 Å². The lowest BCUT2D eigenvalue weighted by Gasteiger charge is -2.25. The molecule has 0 radical (unpaired) electrons. The first-order valence-corrected chi connectivity index (χ1v) is 13.6. The highest BCUT2D eigenvalue weighted by Crippen LogP contribution is 2.35. The number of thiazole rings is 1. The third-order valence-electron chi connectivity index (χ3n) is 7.00. The molecule has 0 amide bonds. The Kier molecular flexibility index (Phi) is 7.14. The van der Waals surface area contributed by atoms with E-state index < -0.39 is 12.0 Å². The molecular formula is C31H31N3O4S. The quantitative estimate of drug-likeness (QED) is 0.337. The molecule has 2 aromatic carbocycles. The van der Waals surface area contributed by atoms with E-state index in [-0.39, 0.29) is 12.2 Å². The van der Waals surface area contributed by atoms with Crippen molar-refractivity contribution in [2.75, 3.05) is 13.7 Å². The molecule has 0 saturated carbocycles. The number of aryl methyl sites for hydroxylation is 2. The molecule has 0 spiro atoms. The maximum Gasteiger partial charge on any atom is 0.338 e. The second-order valence-corrected chi connectivity index (χ2v) is 10.6. The summed E-state index contributed by atoms with van der Waals surface area (Å²) in [7, 11) is 1.58. The fourth-order valence-corrected chi connectivity index (χ4v) is 6.18. The van der Waals surface area contributed by atoms with Crippen molar-refractivity contribution >= 4 is 23.4 Å². The number of benzene rings is 2. The van der Waals surface area contributed by atoms with Gasteiger partial charge in [0.05, 0.1) is 29.5 Å². The Morgan fingerprint density at radius 2 is 1.79 bits per heavy atom. The molecule has 1 unspecified atom stereocenters. The Hall–Kier alpha value is -4.17. The molecule has 0 N–H and O–H groups in total. The topological polar surface area (TPSA) is 74.8 Å². The summed E-state index contributed by atoms with van der Waals surface area (Å²) in [5.41, 5.74) is 6.66. The largest absolute Gasteiger partial charge is 0.496 e. The van der Waals surface area contributed by atoms with Crippen LogP contribution in [0.5, 0.6) is 5.75 Å². The molecule has 3 heterocycles. The first-order valence-electron chi connectivity index (χ1n) is 12.8. The van der Waals surface area contributed by atoms with E-state index in [1.54, 1.807) is 25.5 Å². The highest BCUT2D eigenvalue weighted by Gasteiger charge is 2.35. The van der Waals surface area contributed by atoms with Crippen molar-refractivity contribution in [1.82, 2.24) is 9.13 Å². The molecule has 1 aliphatic rings. The van der Waals surface area contributed by atoms with Crippen LogP contribution in [0.2, 0.25) is 0 Å². The molecule has 200 valence electrons. The first-order chi connectivity index (χ1) is 18.7. The molecule has 1 aliphatic heterocycles. The summed E-state index contributed by atoms with van der Waals surface area (Å²) >= 11 is 1.31. The zero-order valence-electron chi connectivity index (χ0n) is 22.9. The van der Waals surface area contributed by atoms with E-state index in [2.05, 4.69) is 60.7 Å². The maximum atomic E-state index is 14.0. The molecule has 8 heteroatoms. The van der Waals surface area contributed by atoms with Crippen molar-refractivity contribution in [1.29, 1.82) is 0 Å². The van der Waals surface area contributed by atoms with Gasteiger partial charge in [0.2, 0.25) is 0 Å². The van der Waals surface area contributed by atoms with E-state index in [0.29, 0.717) is 31.9 Å². The Morgan fingerprint density at radius 3 is 2.49 bits per heavy atom. The summed E-state index contributed by atoms with van der Waals surface area (Å²) in [6.07, 6.45) is 1.92. The predicted molar refractivity (Wildman–Crippen MR) is 153 cm³/mol. The van der Waals surface area contributed by atoms with Crippen LogP contribution in [-0.4, -0.2) is 28.8 Å². The van der Waals surface area contributed by atoms with Gasteiger partial charge in [-0.05, 0) is 70.5 Å². The molecule has 39 heavy (non-hydrogen) atoms. The number of carbonyl (C=O) groups is 1. The van der Waals surface area contributed by atoms with E-state index in [0.717, 1.165) is 22.6 Å². The lowest BCUT2D eigenvalue weighted by molar-refractivity contribution is -0.139. The summed E-state index contributed by atoms with van der Waals surface area (Å²) in [5, 5.41) is 0. The number of carbonyl (C=O) groups excluding carboxylic acids is 1. The van der Waals surface area contributed by atoms with Gasteiger partial charge in [0, 0.05) is 22.6 Å². The minimum Gasteiger partial charge on any atom is -0.496 e. The number of hydrogen-bond donors (Lipinski definition) is 0. The number of ether oxygens (including phenoxy) is 2. The van der Waals surface area contributed by atoms with Gasteiger partial charge < -0.3 is 14.0 Å². The highest BCUT2D eigenvalue weighted by atomic mass is 32.1. The minimum absolute atomic E-state index is 0.218. The van der Waals surface area contributed by atoms with Gasteiger partial charge in [-0.3, -0.25) is 9.36 Å². The van der Waals surface area contributed by atoms with Gasteiger partial charge in [0.25, 0.3) is 5.56 Å². The van der Waals surface area contributed by atoms with Crippen molar-refractivity contribution in [3.8, 4) is 11.4 Å². The molecule has 2 aromatic heterocycles. The Bertz CT molecular complexity index is 1790. The monoisotopic (exact) mass is 541 g/mol. The van der Waals surface area contributed by atoms with Crippen molar-refractivity contribution in [3.63, 3.8) is 0 Å². The minimum atomic E-state index is -0.724. The van der Waals surface area contributed by atoms with E-state index in [4.69, 9.17) is 9.47 Å². The molecule has 5 rings (SSSR count). The molecular weight excluding hydrogens is 510 g/mol. The predicted octanol–water partition coefficient (Wildman–Crippen LogP) is 4.52. The van der Waals surface area contributed by atoms with Crippen LogP contribution in [0, 0.1) is 20.8 Å². The number of methoxy groups -OCH3 is 1. The van der Waals surface area contributed by atoms with Crippen LogP contribution in [-0.2, 0) is 9.53 Å². The number of nitrogens with zero attached hydrogens (tertiary/aromatic N) is 3. The van der Waals surface area contributed by atoms with Crippen LogP contribution in [0.3, 0.4) is 0 Å². The van der Waals surface area contributed by atoms with Gasteiger partial charge in [-0.15, -0.1) is 0 Å². The molecule has 0 bridgehead atoms. The first kappa shape index (κ1) is 26.4. The Balaban J connectivity index is 1.71. The van der Waals surface area contributed by atoms with Gasteiger partial charge in [-0.25, -0.2) is 9.79 Å². The lowest BCUT2D eigenvalue weighted by Crippen LogP contribution is -2.40. The third kappa shape index (κ3) is 4.65. The Labute approximate surface area is 231 Å². The summed E-state index contributed by atoms with van der Waals surface area (Å²) in [6, 6.07) is 17.2. The zero-order valence-corrected chi connectivity index (χ0v) is 23.8. The van der Waals surface area contributed by atoms with E-state index in [1.165, 1.54) is 16.9 Å². The summed E-state index contributed by atoms with van der Waals surface area (Å²) in [6.45, 7) is 9.93. The van der Waals surface area contributed by atoms with Gasteiger partial charge in [-0.2, -0.15) is 0 Å². The normalized spacial score (nSPS) is 15.2. The lowest BCUT2D eigenvalue weighted by atomic mass is 9.95. The fourth-order valence-electron chi connectivity index (χ4n) is 5.14. The van der Waals surface area contributed by atoms with Crippen LogP contribution in [0.4, 0.5) is 0 Å². The highest BCUT2D eigenvalue weighted by molar-refractivity contribution is 7.07. The van der Waals surface area contributed by atoms with E-state index >= 15 is 0 Å². The standard InChI is InChI=1S/C31H31N3O4S/c1-7-38-30(36)27-20(4)32-31-34(28(27)24-10-8-9-11-25(24)37-6)29(35)26(39-31)17-22-16-19(3)33(21(22)5)23-14-12-18(2)13-15-23/h8-17,28H,7H2,1-6H3/b26-17+. The van der Waals surface area contributed by atoms with Gasteiger partial charge in [0.1, 0.15) is 11.8 Å². The smallest absolute Gasteiger partial charge is 0.338 e. The summed E-state index contributed by atoms with van der Waals surface area (Å²) < 4.78 is 15.3. The van der Waals surface area contributed by atoms with E-state index in [1.807, 2.05) is 30.3 Å². The average molecular weight is 542 g/mol. The van der Waals surface area contributed by atoms with Crippen molar-refractivity contribution in [3.05, 3.63) is 114 Å². The summed E-state index contributed by atoms with van der Waals surface area (Å²) in [5.74, 6) is 0.0841. The number of rotatable bonds is 6.